The van der Waals surface area contributed by atoms with Crippen LogP contribution < -0.4 is 21.7 Å². The minimum atomic E-state index is -1.26. The molecule has 0 spiro atoms. The summed E-state index contributed by atoms with van der Waals surface area (Å²) in [4.78, 5) is 67.0. The summed E-state index contributed by atoms with van der Waals surface area (Å²) in [7, 11) is 0. The molecular formula is C23H30N6O7. The molecule has 1 heterocycles. The van der Waals surface area contributed by atoms with Crippen LogP contribution in [0.1, 0.15) is 31.0 Å². The Kier molecular flexibility index (Phi) is 10.6. The van der Waals surface area contributed by atoms with Crippen LogP contribution in [0.5, 0.6) is 0 Å². The number of H-pyrrole nitrogens is 1. The topological polar surface area (TPSA) is 217 Å². The highest BCUT2D eigenvalue weighted by Gasteiger charge is 2.29. The fourth-order valence-corrected chi connectivity index (χ4v) is 3.24. The van der Waals surface area contributed by atoms with Crippen LogP contribution in [0.25, 0.3) is 0 Å². The molecule has 0 fully saturated rings. The lowest BCUT2D eigenvalue weighted by atomic mass is 10.0. The van der Waals surface area contributed by atoms with E-state index in [2.05, 4.69) is 25.9 Å². The minimum Gasteiger partial charge on any atom is -0.481 e. The predicted octanol–water partition coefficient (Wildman–Crippen LogP) is -1.05. The fourth-order valence-electron chi connectivity index (χ4n) is 3.24. The molecule has 4 atom stereocenters. The van der Waals surface area contributed by atoms with Crippen molar-refractivity contribution in [3.63, 3.8) is 0 Å². The van der Waals surface area contributed by atoms with Gasteiger partial charge in [0.05, 0.1) is 12.4 Å². The first-order valence-electron chi connectivity index (χ1n) is 11.2. The van der Waals surface area contributed by atoms with Crippen molar-refractivity contribution in [2.45, 2.75) is 56.8 Å². The number of rotatable bonds is 14. The molecule has 13 heteroatoms. The average molecular weight is 503 g/mol. The van der Waals surface area contributed by atoms with E-state index in [-0.39, 0.29) is 25.7 Å². The molecule has 0 radical (unpaired) electrons. The number of imidazole rings is 1. The summed E-state index contributed by atoms with van der Waals surface area (Å²) in [6, 6.07) is 4.14. The Labute approximate surface area is 206 Å². The van der Waals surface area contributed by atoms with E-state index >= 15 is 0 Å². The van der Waals surface area contributed by atoms with Crippen LogP contribution in [0.3, 0.4) is 0 Å². The molecule has 36 heavy (non-hydrogen) atoms. The number of nitrogens with zero attached hydrogens (tertiary/aromatic N) is 1. The summed E-state index contributed by atoms with van der Waals surface area (Å²) in [6.45, 7) is 1.38. The molecule has 0 aliphatic heterocycles. The second kappa shape index (κ2) is 13.6. The Hall–Kier alpha value is -4.26. The maximum Gasteiger partial charge on any atom is 0.326 e. The SMILES string of the molecule is CC(NC(=O)C(Cc1ccccc1)NC(=O)C(N)CCC(=O)O)C(=O)NC(Cc1cnc[nH]1)C(=O)O. The quantitative estimate of drug-likeness (QED) is 0.167. The van der Waals surface area contributed by atoms with Crippen molar-refractivity contribution in [3.8, 4) is 0 Å². The van der Waals surface area contributed by atoms with Crippen molar-refractivity contribution < 1.29 is 34.2 Å². The van der Waals surface area contributed by atoms with Gasteiger partial charge < -0.3 is 36.9 Å². The molecule has 194 valence electrons. The van der Waals surface area contributed by atoms with Crippen LogP contribution in [0.4, 0.5) is 0 Å². The van der Waals surface area contributed by atoms with E-state index in [9.17, 15) is 29.1 Å². The van der Waals surface area contributed by atoms with E-state index in [4.69, 9.17) is 10.8 Å². The molecule has 0 aliphatic carbocycles. The third-order valence-electron chi connectivity index (χ3n) is 5.27. The van der Waals surface area contributed by atoms with Crippen molar-refractivity contribution in [1.29, 1.82) is 0 Å². The van der Waals surface area contributed by atoms with Gasteiger partial charge in [0.25, 0.3) is 0 Å². The molecule has 0 saturated carbocycles. The zero-order chi connectivity index (χ0) is 26.7. The van der Waals surface area contributed by atoms with Crippen LogP contribution in [0.15, 0.2) is 42.9 Å². The zero-order valence-corrected chi connectivity index (χ0v) is 19.6. The second-order valence-corrected chi connectivity index (χ2v) is 8.20. The maximum absolute atomic E-state index is 13.0. The highest BCUT2D eigenvalue weighted by atomic mass is 16.4. The van der Waals surface area contributed by atoms with E-state index in [0.29, 0.717) is 5.69 Å². The van der Waals surface area contributed by atoms with Gasteiger partial charge in [-0.25, -0.2) is 9.78 Å². The third kappa shape index (κ3) is 9.18. The highest BCUT2D eigenvalue weighted by molar-refractivity contribution is 5.94. The monoisotopic (exact) mass is 502 g/mol. The number of benzene rings is 1. The van der Waals surface area contributed by atoms with Crippen molar-refractivity contribution in [3.05, 3.63) is 54.1 Å². The first-order chi connectivity index (χ1) is 17.1. The summed E-state index contributed by atoms with van der Waals surface area (Å²) in [5.74, 6) is -4.52. The molecule has 3 amide bonds. The number of hydrogen-bond acceptors (Lipinski definition) is 7. The second-order valence-electron chi connectivity index (χ2n) is 8.20. The number of amides is 3. The van der Waals surface area contributed by atoms with Gasteiger partial charge in [0.2, 0.25) is 17.7 Å². The Balaban J connectivity index is 2.05. The van der Waals surface area contributed by atoms with E-state index in [0.717, 1.165) is 5.56 Å². The van der Waals surface area contributed by atoms with Crippen molar-refractivity contribution in [2.75, 3.05) is 0 Å². The summed E-state index contributed by atoms with van der Waals surface area (Å²) < 4.78 is 0. The highest BCUT2D eigenvalue weighted by Crippen LogP contribution is 2.06. The van der Waals surface area contributed by atoms with Crippen LogP contribution >= 0.6 is 0 Å². The average Bonchev–Trinajstić information content (AvgIpc) is 3.35. The number of carbonyl (C=O) groups excluding carboxylic acids is 3. The molecule has 2 aromatic rings. The zero-order valence-electron chi connectivity index (χ0n) is 19.6. The van der Waals surface area contributed by atoms with Crippen molar-refractivity contribution >= 4 is 29.7 Å². The normalized spacial score (nSPS) is 14.1. The summed E-state index contributed by atoms with van der Waals surface area (Å²) in [5.41, 5.74) is 6.99. The van der Waals surface area contributed by atoms with Gasteiger partial charge in [0, 0.05) is 31.2 Å². The van der Waals surface area contributed by atoms with Gasteiger partial charge in [-0.2, -0.15) is 0 Å². The Morgan fingerprint density at radius 1 is 0.944 bits per heavy atom. The Bertz CT molecular complexity index is 1040. The first kappa shape index (κ1) is 28.0. The van der Waals surface area contributed by atoms with Crippen molar-refractivity contribution in [1.82, 2.24) is 25.9 Å². The number of aliphatic carboxylic acids is 2. The van der Waals surface area contributed by atoms with E-state index in [1.807, 2.05) is 0 Å². The number of nitrogens with two attached hydrogens (primary N) is 1. The van der Waals surface area contributed by atoms with Gasteiger partial charge in [-0.3, -0.25) is 19.2 Å². The molecule has 1 aromatic heterocycles. The molecule has 0 saturated heterocycles. The van der Waals surface area contributed by atoms with Gasteiger partial charge in [-0.15, -0.1) is 0 Å². The van der Waals surface area contributed by atoms with Gasteiger partial charge in [0.1, 0.15) is 18.1 Å². The van der Waals surface area contributed by atoms with Crippen LogP contribution in [-0.2, 0) is 36.8 Å². The van der Waals surface area contributed by atoms with Gasteiger partial charge in [-0.1, -0.05) is 30.3 Å². The van der Waals surface area contributed by atoms with Gasteiger partial charge >= 0.3 is 11.9 Å². The summed E-state index contributed by atoms with van der Waals surface area (Å²) >= 11 is 0. The van der Waals surface area contributed by atoms with Crippen LogP contribution in [0, 0.1) is 0 Å². The number of carboxylic acids is 2. The molecule has 4 unspecified atom stereocenters. The Morgan fingerprint density at radius 3 is 2.19 bits per heavy atom. The largest absolute Gasteiger partial charge is 0.481 e. The van der Waals surface area contributed by atoms with Crippen molar-refractivity contribution in [2.24, 2.45) is 5.73 Å². The molecule has 0 aliphatic rings. The number of aromatic amines is 1. The molecule has 1 aromatic carbocycles. The number of carboxylic acid groups (broad SMARTS) is 2. The summed E-state index contributed by atoms with van der Waals surface area (Å²) in [6.07, 6.45) is 2.43. The predicted molar refractivity (Wildman–Crippen MR) is 126 cm³/mol. The Morgan fingerprint density at radius 2 is 1.61 bits per heavy atom. The van der Waals surface area contributed by atoms with E-state index < -0.39 is 53.8 Å². The van der Waals surface area contributed by atoms with Gasteiger partial charge in [-0.05, 0) is 18.9 Å². The van der Waals surface area contributed by atoms with E-state index in [1.165, 1.54) is 19.4 Å². The van der Waals surface area contributed by atoms with Crippen LogP contribution in [0.2, 0.25) is 0 Å². The molecule has 13 nitrogen and oxygen atoms in total. The van der Waals surface area contributed by atoms with Gasteiger partial charge in [0.15, 0.2) is 0 Å². The fraction of sp³-hybridized carbons (Fsp3) is 0.391. The molecule has 8 N–H and O–H groups in total. The first-order valence-corrected chi connectivity index (χ1v) is 11.2. The number of carbonyl (C=O) groups is 5. The maximum atomic E-state index is 13.0. The standard InChI is InChI=1S/C23H30N6O7/c1-13(20(32)29-18(23(35)36)10-15-11-25-12-26-15)27-22(34)17(9-14-5-3-2-4-6-14)28-21(33)16(24)7-8-19(30)31/h2-6,11-13,16-18H,7-10,24H2,1H3,(H,25,26)(H,27,34)(H,28,33)(H,29,32)(H,30,31)(H,35,36). The van der Waals surface area contributed by atoms with Crippen LogP contribution in [-0.4, -0.2) is 74.0 Å². The lowest BCUT2D eigenvalue weighted by Gasteiger charge is -2.23. The minimum absolute atomic E-state index is 0.0390. The number of hydrogen-bond donors (Lipinski definition) is 7. The lowest BCUT2D eigenvalue weighted by molar-refractivity contribution is -0.142. The summed E-state index contributed by atoms with van der Waals surface area (Å²) in [5, 5.41) is 25.6. The molecular weight excluding hydrogens is 472 g/mol. The number of nitrogens with one attached hydrogen (secondary N) is 4. The molecule has 2 rings (SSSR count). The van der Waals surface area contributed by atoms with E-state index in [1.54, 1.807) is 30.3 Å². The lowest BCUT2D eigenvalue weighted by Crippen LogP contribution is -2.57. The molecule has 0 bridgehead atoms. The number of aromatic nitrogens is 2. The smallest absolute Gasteiger partial charge is 0.326 e. The third-order valence-corrected chi connectivity index (χ3v) is 5.27.